The Bertz CT molecular complexity index is 372. The van der Waals surface area contributed by atoms with Crippen molar-refractivity contribution in [3.63, 3.8) is 0 Å². The molecule has 1 atom stereocenters. The zero-order valence-electron chi connectivity index (χ0n) is 10.3. The molecule has 0 aliphatic carbocycles. The summed E-state index contributed by atoms with van der Waals surface area (Å²) in [4.78, 5) is 2.46. The van der Waals surface area contributed by atoms with E-state index in [1.807, 2.05) is 19.1 Å². The Labute approximate surface area is 114 Å². The number of hydrogen-bond donors (Lipinski definition) is 0. The van der Waals surface area contributed by atoms with Crippen molar-refractivity contribution in [3.05, 3.63) is 34.3 Å². The molecular formula is C14H19Cl2N. The van der Waals surface area contributed by atoms with E-state index >= 15 is 0 Å². The highest BCUT2D eigenvalue weighted by Crippen LogP contribution is 2.26. The smallest absolute Gasteiger partial charge is 0.0712 e. The second-order valence-electron chi connectivity index (χ2n) is 4.84. The van der Waals surface area contributed by atoms with Gasteiger partial charge in [-0.3, -0.25) is 0 Å². The van der Waals surface area contributed by atoms with Crippen LogP contribution >= 0.6 is 23.2 Å². The Morgan fingerprint density at radius 1 is 1.24 bits per heavy atom. The topological polar surface area (TPSA) is 3.24 Å². The van der Waals surface area contributed by atoms with Crippen molar-refractivity contribution in [2.45, 2.75) is 31.6 Å². The van der Waals surface area contributed by atoms with Gasteiger partial charge >= 0.3 is 0 Å². The van der Waals surface area contributed by atoms with Crippen LogP contribution in [-0.2, 0) is 0 Å². The van der Waals surface area contributed by atoms with Crippen LogP contribution in [0.3, 0.4) is 0 Å². The molecule has 1 heterocycles. The third-order valence-corrected chi connectivity index (χ3v) is 4.22. The van der Waals surface area contributed by atoms with Crippen LogP contribution in [0.4, 0.5) is 0 Å². The molecule has 17 heavy (non-hydrogen) atoms. The third-order valence-electron chi connectivity index (χ3n) is 3.41. The SMILES string of the molecule is Cc1cc(C(Cl)CN2CCCCC2)ccc1Cl. The maximum atomic E-state index is 6.48. The van der Waals surface area contributed by atoms with E-state index in [0.29, 0.717) is 0 Å². The molecule has 0 aromatic heterocycles. The zero-order valence-corrected chi connectivity index (χ0v) is 11.8. The number of aryl methyl sites for hydroxylation is 1. The van der Waals surface area contributed by atoms with Crippen molar-refractivity contribution in [2.75, 3.05) is 19.6 Å². The number of rotatable bonds is 3. The Morgan fingerprint density at radius 3 is 2.59 bits per heavy atom. The average molecular weight is 272 g/mol. The number of piperidine rings is 1. The summed E-state index contributed by atoms with van der Waals surface area (Å²) in [6.07, 6.45) is 3.98. The van der Waals surface area contributed by atoms with Gasteiger partial charge in [0, 0.05) is 11.6 Å². The maximum absolute atomic E-state index is 6.48. The van der Waals surface area contributed by atoms with Gasteiger partial charge in [0.1, 0.15) is 0 Å². The van der Waals surface area contributed by atoms with Crippen LogP contribution in [0.15, 0.2) is 18.2 Å². The van der Waals surface area contributed by atoms with Gasteiger partial charge in [-0.2, -0.15) is 0 Å². The number of likely N-dealkylation sites (tertiary alicyclic amines) is 1. The molecule has 0 radical (unpaired) electrons. The lowest BCUT2D eigenvalue weighted by atomic mass is 10.1. The molecule has 1 fully saturated rings. The minimum absolute atomic E-state index is 0.0732. The summed E-state index contributed by atoms with van der Waals surface area (Å²) in [5.41, 5.74) is 2.28. The van der Waals surface area contributed by atoms with Gasteiger partial charge in [0.05, 0.1) is 5.38 Å². The van der Waals surface area contributed by atoms with E-state index in [0.717, 1.165) is 17.1 Å². The molecule has 0 amide bonds. The van der Waals surface area contributed by atoms with Crippen LogP contribution in [-0.4, -0.2) is 24.5 Å². The highest BCUT2D eigenvalue weighted by atomic mass is 35.5. The first-order valence-corrected chi connectivity index (χ1v) is 7.11. The highest BCUT2D eigenvalue weighted by molar-refractivity contribution is 6.31. The summed E-state index contributed by atoms with van der Waals surface area (Å²) in [6, 6.07) is 6.08. The molecule has 3 heteroatoms. The van der Waals surface area contributed by atoms with Crippen LogP contribution in [0.2, 0.25) is 5.02 Å². The van der Waals surface area contributed by atoms with Gasteiger partial charge in [0.15, 0.2) is 0 Å². The predicted molar refractivity (Wildman–Crippen MR) is 75.1 cm³/mol. The Balaban J connectivity index is 1.98. The van der Waals surface area contributed by atoms with Crippen LogP contribution < -0.4 is 0 Å². The first-order chi connectivity index (χ1) is 8.16. The van der Waals surface area contributed by atoms with Gasteiger partial charge in [-0.1, -0.05) is 30.2 Å². The Hall–Kier alpha value is -0.240. The van der Waals surface area contributed by atoms with Crippen molar-refractivity contribution < 1.29 is 0 Å². The molecule has 1 nitrogen and oxygen atoms in total. The number of alkyl halides is 1. The Kier molecular flexibility index (Phi) is 4.72. The molecule has 94 valence electrons. The second-order valence-corrected chi connectivity index (χ2v) is 5.77. The van der Waals surface area contributed by atoms with Crippen molar-refractivity contribution in [1.82, 2.24) is 4.90 Å². The first kappa shape index (κ1) is 13.2. The lowest BCUT2D eigenvalue weighted by Crippen LogP contribution is -2.32. The van der Waals surface area contributed by atoms with Gasteiger partial charge in [-0.15, -0.1) is 11.6 Å². The molecule has 0 bridgehead atoms. The van der Waals surface area contributed by atoms with Crippen LogP contribution in [0.5, 0.6) is 0 Å². The zero-order chi connectivity index (χ0) is 12.3. The van der Waals surface area contributed by atoms with E-state index in [4.69, 9.17) is 23.2 Å². The first-order valence-electron chi connectivity index (χ1n) is 6.29. The fraction of sp³-hybridized carbons (Fsp3) is 0.571. The van der Waals surface area contributed by atoms with Gasteiger partial charge in [0.2, 0.25) is 0 Å². The molecule has 1 saturated heterocycles. The number of benzene rings is 1. The van der Waals surface area contributed by atoms with Crippen molar-refractivity contribution in [1.29, 1.82) is 0 Å². The standard InChI is InChI=1S/C14H19Cl2N/c1-11-9-12(5-6-13(11)15)14(16)10-17-7-3-2-4-8-17/h5-6,9,14H,2-4,7-8,10H2,1H3. The second kappa shape index (κ2) is 6.08. The van der Waals surface area contributed by atoms with Crippen molar-refractivity contribution in [2.24, 2.45) is 0 Å². The largest absolute Gasteiger partial charge is 0.302 e. The summed E-state index contributed by atoms with van der Waals surface area (Å²) < 4.78 is 0. The van der Waals surface area contributed by atoms with Crippen molar-refractivity contribution in [3.8, 4) is 0 Å². The third kappa shape index (κ3) is 3.61. The molecule has 0 saturated carbocycles. The fourth-order valence-electron chi connectivity index (χ4n) is 2.34. The number of hydrogen-bond acceptors (Lipinski definition) is 1. The fourth-order valence-corrected chi connectivity index (χ4v) is 2.79. The summed E-state index contributed by atoms with van der Waals surface area (Å²) in [7, 11) is 0. The monoisotopic (exact) mass is 271 g/mol. The average Bonchev–Trinajstić information content (AvgIpc) is 2.34. The highest BCUT2D eigenvalue weighted by Gasteiger charge is 2.16. The molecule has 1 aromatic carbocycles. The minimum atomic E-state index is 0.0732. The summed E-state index contributed by atoms with van der Waals surface area (Å²) in [6.45, 7) is 5.35. The molecule has 1 aromatic rings. The number of halogens is 2. The quantitative estimate of drug-likeness (QED) is 0.736. The normalized spacial score (nSPS) is 19.2. The van der Waals surface area contributed by atoms with Gasteiger partial charge in [-0.25, -0.2) is 0 Å². The maximum Gasteiger partial charge on any atom is 0.0712 e. The lowest BCUT2D eigenvalue weighted by Gasteiger charge is -2.28. The minimum Gasteiger partial charge on any atom is -0.302 e. The van der Waals surface area contributed by atoms with E-state index in [1.54, 1.807) is 0 Å². The summed E-state index contributed by atoms with van der Waals surface area (Å²) >= 11 is 12.5. The van der Waals surface area contributed by atoms with Crippen LogP contribution in [0.25, 0.3) is 0 Å². The van der Waals surface area contributed by atoms with Gasteiger partial charge in [0.25, 0.3) is 0 Å². The molecule has 2 rings (SSSR count). The van der Waals surface area contributed by atoms with E-state index < -0.39 is 0 Å². The predicted octanol–water partition coefficient (Wildman–Crippen LogP) is 4.41. The molecular weight excluding hydrogens is 253 g/mol. The van der Waals surface area contributed by atoms with E-state index in [-0.39, 0.29) is 5.38 Å². The molecule has 1 aliphatic heterocycles. The molecule has 0 spiro atoms. The van der Waals surface area contributed by atoms with Crippen LogP contribution in [0, 0.1) is 6.92 Å². The van der Waals surface area contributed by atoms with E-state index in [9.17, 15) is 0 Å². The van der Waals surface area contributed by atoms with Crippen LogP contribution in [0.1, 0.15) is 35.8 Å². The Morgan fingerprint density at radius 2 is 1.94 bits per heavy atom. The van der Waals surface area contributed by atoms with E-state index in [1.165, 1.54) is 37.9 Å². The summed E-state index contributed by atoms with van der Waals surface area (Å²) in [5.74, 6) is 0. The number of nitrogens with zero attached hydrogens (tertiary/aromatic N) is 1. The molecule has 1 aliphatic rings. The van der Waals surface area contributed by atoms with Crippen molar-refractivity contribution >= 4 is 23.2 Å². The molecule has 1 unspecified atom stereocenters. The van der Waals surface area contributed by atoms with Gasteiger partial charge in [-0.05, 0) is 50.0 Å². The van der Waals surface area contributed by atoms with Gasteiger partial charge < -0.3 is 4.90 Å². The summed E-state index contributed by atoms with van der Waals surface area (Å²) in [5, 5.41) is 0.889. The lowest BCUT2D eigenvalue weighted by molar-refractivity contribution is 0.229. The van der Waals surface area contributed by atoms with E-state index in [2.05, 4.69) is 11.0 Å². The molecule has 0 N–H and O–H groups in total.